The minimum absolute atomic E-state index is 0.376. The second kappa shape index (κ2) is 9.20. The first kappa shape index (κ1) is 21.0. The van der Waals surface area contributed by atoms with Gasteiger partial charge in [-0.25, -0.2) is 4.98 Å². The molecule has 1 heterocycles. The molecule has 154 valence electrons. The molecule has 0 aliphatic rings. The molecule has 3 rings (SSSR count). The lowest BCUT2D eigenvalue weighted by Gasteiger charge is -2.13. The zero-order valence-corrected chi connectivity index (χ0v) is 17.7. The average molecular weight is 395 g/mol. The van der Waals surface area contributed by atoms with Crippen LogP contribution < -0.4 is 11.1 Å². The summed E-state index contributed by atoms with van der Waals surface area (Å²) < 4.78 is 7.74. The highest BCUT2D eigenvalue weighted by molar-refractivity contribution is 5.83. The maximum atomic E-state index is 11.4. The van der Waals surface area contributed by atoms with E-state index in [9.17, 15) is 4.79 Å². The number of primary amides is 1. The SMILES string of the molecule is CCOCCn1c(CN[C@@H](C)C(N)=O)nc2ccc(-c3ccc(C)c(C)c3)cc21. The summed E-state index contributed by atoms with van der Waals surface area (Å²) in [4.78, 5) is 16.1. The highest BCUT2D eigenvalue weighted by atomic mass is 16.5. The molecule has 0 fully saturated rings. The third-order valence-electron chi connectivity index (χ3n) is 5.32. The summed E-state index contributed by atoms with van der Waals surface area (Å²) in [6.07, 6.45) is 0. The smallest absolute Gasteiger partial charge is 0.234 e. The van der Waals surface area contributed by atoms with Crippen LogP contribution in [0.4, 0.5) is 0 Å². The summed E-state index contributed by atoms with van der Waals surface area (Å²) in [5.74, 6) is 0.490. The van der Waals surface area contributed by atoms with Gasteiger partial charge >= 0.3 is 0 Å². The molecule has 3 aromatic rings. The molecule has 1 aromatic heterocycles. The van der Waals surface area contributed by atoms with E-state index >= 15 is 0 Å². The number of carbonyl (C=O) groups excluding carboxylic acids is 1. The maximum Gasteiger partial charge on any atom is 0.234 e. The van der Waals surface area contributed by atoms with E-state index in [4.69, 9.17) is 15.5 Å². The molecule has 1 amide bonds. The van der Waals surface area contributed by atoms with Crippen molar-refractivity contribution in [1.82, 2.24) is 14.9 Å². The number of aryl methyl sites for hydroxylation is 2. The minimum Gasteiger partial charge on any atom is -0.380 e. The summed E-state index contributed by atoms with van der Waals surface area (Å²) in [6, 6.07) is 12.5. The van der Waals surface area contributed by atoms with Crippen LogP contribution in [0.1, 0.15) is 30.8 Å². The fourth-order valence-corrected chi connectivity index (χ4v) is 3.30. The predicted octanol–water partition coefficient (Wildman–Crippen LogP) is 3.32. The van der Waals surface area contributed by atoms with Crippen LogP contribution in [0.15, 0.2) is 36.4 Å². The zero-order chi connectivity index (χ0) is 21.0. The van der Waals surface area contributed by atoms with E-state index in [1.54, 1.807) is 6.92 Å². The van der Waals surface area contributed by atoms with Gasteiger partial charge in [0.15, 0.2) is 0 Å². The van der Waals surface area contributed by atoms with Crippen LogP contribution in [0.2, 0.25) is 0 Å². The number of imidazole rings is 1. The molecule has 0 aliphatic heterocycles. The first-order valence-electron chi connectivity index (χ1n) is 10.1. The maximum absolute atomic E-state index is 11.4. The van der Waals surface area contributed by atoms with E-state index in [0.717, 1.165) is 22.4 Å². The van der Waals surface area contributed by atoms with Gasteiger partial charge in [-0.1, -0.05) is 24.3 Å². The van der Waals surface area contributed by atoms with Crippen LogP contribution in [-0.4, -0.2) is 34.7 Å². The van der Waals surface area contributed by atoms with Crippen molar-refractivity contribution < 1.29 is 9.53 Å². The Morgan fingerprint density at radius 3 is 2.59 bits per heavy atom. The van der Waals surface area contributed by atoms with E-state index in [-0.39, 0.29) is 5.91 Å². The summed E-state index contributed by atoms with van der Waals surface area (Å²) >= 11 is 0. The van der Waals surface area contributed by atoms with Gasteiger partial charge in [-0.05, 0) is 62.1 Å². The summed E-state index contributed by atoms with van der Waals surface area (Å²) in [5.41, 5.74) is 12.3. The van der Waals surface area contributed by atoms with E-state index in [0.29, 0.717) is 26.3 Å². The molecule has 3 N–H and O–H groups in total. The molecule has 0 saturated carbocycles. The van der Waals surface area contributed by atoms with Crippen LogP contribution >= 0.6 is 0 Å². The molecular formula is C23H30N4O2. The van der Waals surface area contributed by atoms with Crippen molar-refractivity contribution in [2.45, 2.75) is 46.8 Å². The lowest BCUT2D eigenvalue weighted by Crippen LogP contribution is -2.38. The van der Waals surface area contributed by atoms with Crippen molar-refractivity contribution in [3.63, 3.8) is 0 Å². The van der Waals surface area contributed by atoms with Crippen molar-refractivity contribution in [3.8, 4) is 11.1 Å². The molecule has 2 aromatic carbocycles. The zero-order valence-electron chi connectivity index (χ0n) is 17.7. The first-order chi connectivity index (χ1) is 13.9. The summed E-state index contributed by atoms with van der Waals surface area (Å²) in [5, 5.41) is 3.15. The van der Waals surface area contributed by atoms with Gasteiger partial charge in [0.2, 0.25) is 5.91 Å². The largest absolute Gasteiger partial charge is 0.380 e. The number of aromatic nitrogens is 2. The normalized spacial score (nSPS) is 12.4. The number of rotatable bonds is 9. The highest BCUT2D eigenvalue weighted by Gasteiger charge is 2.14. The van der Waals surface area contributed by atoms with Crippen molar-refractivity contribution in [3.05, 3.63) is 53.3 Å². The van der Waals surface area contributed by atoms with E-state index in [2.05, 4.69) is 60.1 Å². The minimum atomic E-state index is -0.416. The number of fused-ring (bicyclic) bond motifs is 1. The number of amides is 1. The van der Waals surface area contributed by atoms with Gasteiger partial charge in [-0.2, -0.15) is 0 Å². The summed E-state index contributed by atoms with van der Waals surface area (Å²) in [7, 11) is 0. The second-order valence-electron chi connectivity index (χ2n) is 7.38. The number of carbonyl (C=O) groups is 1. The molecule has 6 heteroatoms. The fraction of sp³-hybridized carbons (Fsp3) is 0.391. The van der Waals surface area contributed by atoms with Gasteiger partial charge in [-0.3, -0.25) is 10.1 Å². The van der Waals surface area contributed by atoms with Crippen LogP contribution in [0.3, 0.4) is 0 Å². The Balaban J connectivity index is 1.98. The monoisotopic (exact) mass is 394 g/mol. The number of hydrogen-bond acceptors (Lipinski definition) is 4. The number of nitrogens with two attached hydrogens (primary N) is 1. The first-order valence-corrected chi connectivity index (χ1v) is 10.1. The number of hydrogen-bond donors (Lipinski definition) is 2. The highest BCUT2D eigenvalue weighted by Crippen LogP contribution is 2.27. The van der Waals surface area contributed by atoms with E-state index < -0.39 is 6.04 Å². The van der Waals surface area contributed by atoms with Gasteiger partial charge in [0.1, 0.15) is 5.82 Å². The van der Waals surface area contributed by atoms with Gasteiger partial charge in [0, 0.05) is 13.2 Å². The molecule has 0 spiro atoms. The molecule has 0 radical (unpaired) electrons. The topological polar surface area (TPSA) is 82.2 Å². The van der Waals surface area contributed by atoms with Crippen LogP contribution in [-0.2, 0) is 22.6 Å². The molecule has 0 unspecified atom stereocenters. The van der Waals surface area contributed by atoms with Crippen molar-refractivity contribution in [2.75, 3.05) is 13.2 Å². The fourth-order valence-electron chi connectivity index (χ4n) is 3.30. The molecule has 6 nitrogen and oxygen atoms in total. The van der Waals surface area contributed by atoms with Gasteiger partial charge in [0.25, 0.3) is 0 Å². The lowest BCUT2D eigenvalue weighted by molar-refractivity contribution is -0.119. The predicted molar refractivity (Wildman–Crippen MR) is 117 cm³/mol. The average Bonchev–Trinajstić information content (AvgIpc) is 3.05. The van der Waals surface area contributed by atoms with E-state index in [1.165, 1.54) is 16.7 Å². The lowest BCUT2D eigenvalue weighted by atomic mass is 10.0. The van der Waals surface area contributed by atoms with Crippen molar-refractivity contribution >= 4 is 16.9 Å². The number of nitrogens with one attached hydrogen (secondary N) is 1. The van der Waals surface area contributed by atoms with E-state index in [1.807, 2.05) is 6.92 Å². The third-order valence-corrected chi connectivity index (χ3v) is 5.32. The molecule has 1 atom stereocenters. The number of nitrogens with zero attached hydrogens (tertiary/aromatic N) is 2. The van der Waals surface area contributed by atoms with Gasteiger partial charge < -0.3 is 15.0 Å². The molecule has 29 heavy (non-hydrogen) atoms. The molecule has 0 saturated heterocycles. The Morgan fingerprint density at radius 2 is 1.90 bits per heavy atom. The Hall–Kier alpha value is -2.70. The molecule has 0 aliphatic carbocycles. The van der Waals surface area contributed by atoms with Crippen molar-refractivity contribution in [2.24, 2.45) is 5.73 Å². The van der Waals surface area contributed by atoms with Crippen LogP contribution in [0.5, 0.6) is 0 Å². The number of ether oxygens (including phenoxy) is 1. The Morgan fingerprint density at radius 1 is 1.17 bits per heavy atom. The quantitative estimate of drug-likeness (QED) is 0.546. The van der Waals surface area contributed by atoms with Crippen molar-refractivity contribution in [1.29, 1.82) is 0 Å². The standard InChI is InChI=1S/C23H30N4O2/c1-5-29-11-10-27-21-13-19(18-7-6-15(2)16(3)12-18)8-9-20(21)26-22(27)14-25-17(4)23(24)28/h6-9,12-13,17,25H,5,10-11,14H2,1-4H3,(H2,24,28)/t17-/m0/s1. The van der Waals surface area contributed by atoms with Gasteiger partial charge in [0.05, 0.1) is 30.2 Å². The Kier molecular flexibility index (Phi) is 6.67. The van der Waals surface area contributed by atoms with Crippen LogP contribution in [0, 0.1) is 13.8 Å². The Bertz CT molecular complexity index is 1010. The molecule has 0 bridgehead atoms. The Labute approximate surface area is 172 Å². The van der Waals surface area contributed by atoms with Gasteiger partial charge in [-0.15, -0.1) is 0 Å². The third kappa shape index (κ3) is 4.83. The second-order valence-corrected chi connectivity index (χ2v) is 7.38. The molecular weight excluding hydrogens is 364 g/mol. The van der Waals surface area contributed by atoms with Crippen LogP contribution in [0.25, 0.3) is 22.2 Å². The number of benzene rings is 2. The summed E-state index contributed by atoms with van der Waals surface area (Å²) in [6.45, 7) is 10.4.